The van der Waals surface area contributed by atoms with Crippen LogP contribution in [0.4, 0.5) is 13.2 Å². The number of amides is 1. The Balaban J connectivity index is 1.92. The molecule has 0 bridgehead atoms. The van der Waals surface area contributed by atoms with Crippen LogP contribution in [0.3, 0.4) is 0 Å². The summed E-state index contributed by atoms with van der Waals surface area (Å²) in [6, 6.07) is 0. The van der Waals surface area contributed by atoms with E-state index in [-0.39, 0.29) is 17.6 Å². The van der Waals surface area contributed by atoms with Gasteiger partial charge in [-0.1, -0.05) is 0 Å². The van der Waals surface area contributed by atoms with Crippen LogP contribution in [-0.2, 0) is 8.98 Å². The molecule has 1 amide bonds. The van der Waals surface area contributed by atoms with Crippen LogP contribution in [0, 0.1) is 5.92 Å². The van der Waals surface area contributed by atoms with Crippen molar-refractivity contribution < 1.29 is 22.1 Å². The second-order valence-electron chi connectivity index (χ2n) is 4.78. The second-order valence-corrected chi connectivity index (χ2v) is 5.57. The smallest absolute Gasteiger partial charge is 0.422 e. The summed E-state index contributed by atoms with van der Waals surface area (Å²) in [4.78, 5) is 13.9. The van der Waals surface area contributed by atoms with E-state index in [2.05, 4.69) is 4.18 Å². The quantitative estimate of drug-likeness (QED) is 0.747. The largest absolute Gasteiger partial charge is 0.479 e. The van der Waals surface area contributed by atoms with E-state index in [1.54, 1.807) is 11.0 Å². The van der Waals surface area contributed by atoms with E-state index in [9.17, 15) is 18.0 Å². The molecule has 0 radical (unpaired) electrons. The number of carbonyl (C=O) groups is 1. The predicted molar refractivity (Wildman–Crippen MR) is 66.0 cm³/mol. The third-order valence-electron chi connectivity index (χ3n) is 3.30. The fourth-order valence-electron chi connectivity index (χ4n) is 2.42. The minimum Gasteiger partial charge on any atom is -0.422 e. The van der Waals surface area contributed by atoms with E-state index < -0.39 is 17.6 Å². The molecule has 1 fully saturated rings. The van der Waals surface area contributed by atoms with Crippen LogP contribution in [-0.4, -0.2) is 29.4 Å². The molecule has 108 valence electrons. The van der Waals surface area contributed by atoms with E-state index in [4.69, 9.17) is 0 Å². The molecule has 1 aliphatic carbocycles. The molecule has 2 aliphatic rings. The topological polar surface area (TPSA) is 29.5 Å². The van der Waals surface area contributed by atoms with Gasteiger partial charge in [0.05, 0.1) is 5.92 Å². The molecule has 0 saturated carbocycles. The lowest BCUT2D eigenvalue weighted by atomic mass is 9.93. The van der Waals surface area contributed by atoms with Gasteiger partial charge in [-0.25, -0.2) is 0 Å². The lowest BCUT2D eigenvalue weighted by molar-refractivity contribution is -0.133. The van der Waals surface area contributed by atoms with Gasteiger partial charge in [-0.05, 0) is 31.8 Å². The van der Waals surface area contributed by atoms with E-state index in [0.717, 1.165) is 25.9 Å². The maximum absolute atomic E-state index is 12.1. The van der Waals surface area contributed by atoms with Gasteiger partial charge in [-0.3, -0.25) is 4.79 Å². The number of hydrogen-bond acceptors (Lipinski definition) is 3. The molecule has 0 spiro atoms. The van der Waals surface area contributed by atoms with Crippen LogP contribution in [0.1, 0.15) is 32.1 Å². The molecule has 1 atom stereocenters. The van der Waals surface area contributed by atoms with Crippen molar-refractivity contribution >= 4 is 17.9 Å². The predicted octanol–water partition coefficient (Wildman–Crippen LogP) is 3.48. The molecule has 2 rings (SSSR count). The lowest BCUT2D eigenvalue weighted by Gasteiger charge is -2.24. The van der Waals surface area contributed by atoms with E-state index in [1.807, 2.05) is 0 Å². The lowest BCUT2D eigenvalue weighted by Crippen LogP contribution is -2.34. The molecule has 1 aliphatic heterocycles. The fraction of sp³-hybridized carbons (Fsp3) is 0.750. The van der Waals surface area contributed by atoms with Crippen molar-refractivity contribution in [3.63, 3.8) is 0 Å². The molecule has 0 aromatic carbocycles. The first kappa shape index (κ1) is 14.6. The number of halogens is 3. The molecule has 19 heavy (non-hydrogen) atoms. The highest BCUT2D eigenvalue weighted by atomic mass is 32.2. The second kappa shape index (κ2) is 6.07. The van der Waals surface area contributed by atoms with Gasteiger partial charge in [0.15, 0.2) is 12.0 Å². The molecule has 0 N–H and O–H groups in total. The first-order valence-electron chi connectivity index (χ1n) is 6.37. The van der Waals surface area contributed by atoms with Crippen LogP contribution in [0.25, 0.3) is 0 Å². The zero-order valence-electron chi connectivity index (χ0n) is 10.4. The summed E-state index contributed by atoms with van der Waals surface area (Å²) in [6.07, 6.45) is 5.42. The molecule has 1 saturated heterocycles. The zero-order valence-corrected chi connectivity index (χ0v) is 11.2. The minimum atomic E-state index is -4.41. The summed E-state index contributed by atoms with van der Waals surface area (Å²) >= 11 is -0.507. The monoisotopic (exact) mass is 295 g/mol. The Labute approximate surface area is 114 Å². The van der Waals surface area contributed by atoms with Crippen LogP contribution >= 0.6 is 12.0 Å². The van der Waals surface area contributed by atoms with Gasteiger partial charge in [0, 0.05) is 19.5 Å². The summed E-state index contributed by atoms with van der Waals surface area (Å²) < 4.78 is 40.8. The van der Waals surface area contributed by atoms with Gasteiger partial charge in [0.2, 0.25) is 5.91 Å². The van der Waals surface area contributed by atoms with Gasteiger partial charge in [0.1, 0.15) is 5.76 Å². The summed E-state index contributed by atoms with van der Waals surface area (Å²) in [6.45, 7) is 1.52. The Hall–Kier alpha value is -0.850. The normalized spacial score (nSPS) is 24.3. The number of rotatable bonds is 3. The highest BCUT2D eigenvalue weighted by Gasteiger charge is 2.33. The number of likely N-dealkylation sites (tertiary alicyclic amines) is 1. The van der Waals surface area contributed by atoms with E-state index >= 15 is 0 Å². The van der Waals surface area contributed by atoms with E-state index in [0.29, 0.717) is 19.3 Å². The molecule has 1 unspecified atom stereocenters. The summed E-state index contributed by atoms with van der Waals surface area (Å²) in [5.41, 5.74) is -4.41. The van der Waals surface area contributed by atoms with Crippen molar-refractivity contribution in [2.45, 2.75) is 37.6 Å². The Morgan fingerprint density at radius 1 is 1.32 bits per heavy atom. The summed E-state index contributed by atoms with van der Waals surface area (Å²) in [5.74, 6) is -0.0304. The Morgan fingerprint density at radius 3 is 2.63 bits per heavy atom. The first-order valence-corrected chi connectivity index (χ1v) is 7.12. The Kier molecular flexibility index (Phi) is 4.65. The number of alkyl halides is 3. The summed E-state index contributed by atoms with van der Waals surface area (Å²) in [7, 11) is 0. The van der Waals surface area contributed by atoms with Gasteiger partial charge < -0.3 is 9.08 Å². The van der Waals surface area contributed by atoms with Crippen LogP contribution in [0.15, 0.2) is 11.8 Å². The first-order chi connectivity index (χ1) is 8.96. The van der Waals surface area contributed by atoms with Crippen LogP contribution < -0.4 is 0 Å². The molecular weight excluding hydrogens is 279 g/mol. The van der Waals surface area contributed by atoms with Gasteiger partial charge in [-0.2, -0.15) is 13.2 Å². The third kappa shape index (κ3) is 4.33. The average Bonchev–Trinajstić information content (AvgIpc) is 2.89. The maximum Gasteiger partial charge on any atom is 0.479 e. The van der Waals surface area contributed by atoms with Crippen molar-refractivity contribution in [3.8, 4) is 0 Å². The number of nitrogens with zero attached hydrogens (tertiary/aromatic N) is 1. The molecular formula is C12H16F3NO2S. The minimum absolute atomic E-state index is 0.0234. The number of allylic oxidation sites excluding steroid dienone is 1. The van der Waals surface area contributed by atoms with Crippen molar-refractivity contribution in [2.75, 3.05) is 13.1 Å². The van der Waals surface area contributed by atoms with E-state index in [1.165, 1.54) is 0 Å². The average molecular weight is 295 g/mol. The van der Waals surface area contributed by atoms with Crippen LogP contribution in [0.5, 0.6) is 0 Å². The van der Waals surface area contributed by atoms with Crippen LogP contribution in [0.2, 0.25) is 0 Å². The van der Waals surface area contributed by atoms with Gasteiger partial charge >= 0.3 is 5.51 Å². The molecule has 0 aromatic heterocycles. The third-order valence-corrected chi connectivity index (χ3v) is 3.79. The highest BCUT2D eigenvalue weighted by molar-refractivity contribution is 7.95. The van der Waals surface area contributed by atoms with Gasteiger partial charge in [-0.15, -0.1) is 0 Å². The standard InChI is InChI=1S/C12H16F3NO2S/c13-12(14,15)19-18-10-5-3-4-9(8-10)11(17)16-6-1-2-7-16/h8-9H,1-7H2. The highest BCUT2D eigenvalue weighted by Crippen LogP contribution is 2.36. The Morgan fingerprint density at radius 2 is 2.00 bits per heavy atom. The summed E-state index contributed by atoms with van der Waals surface area (Å²) in [5, 5.41) is 0. The van der Waals surface area contributed by atoms with Crippen molar-refractivity contribution in [2.24, 2.45) is 5.92 Å². The van der Waals surface area contributed by atoms with Crippen molar-refractivity contribution in [3.05, 3.63) is 11.8 Å². The molecule has 3 nitrogen and oxygen atoms in total. The number of carbonyl (C=O) groups excluding carboxylic acids is 1. The molecule has 0 aromatic rings. The maximum atomic E-state index is 12.1. The molecule has 7 heteroatoms. The van der Waals surface area contributed by atoms with Gasteiger partial charge in [0.25, 0.3) is 0 Å². The molecule has 1 heterocycles. The van der Waals surface area contributed by atoms with Crippen molar-refractivity contribution in [1.29, 1.82) is 0 Å². The number of hydrogen-bond donors (Lipinski definition) is 0. The Bertz CT molecular complexity index is 364. The van der Waals surface area contributed by atoms with Crippen molar-refractivity contribution in [1.82, 2.24) is 4.90 Å². The SMILES string of the molecule is O=C(C1C=C(OSC(F)(F)F)CCC1)N1CCCC1. The fourth-order valence-corrected chi connectivity index (χ4v) is 2.76. The zero-order chi connectivity index (χ0) is 13.9.